The van der Waals surface area contributed by atoms with Crippen LogP contribution in [0, 0.1) is 0 Å². The standard InChI is InChI=1S/C26H52NO5P/c1-6-8-9-10-11-12-13-14-15-16-17-18-19-20-21-22-26(30-7-2)25-32-33(28,29)31-24-23-27(3,4)5/h11-12,14-15,26H,6-10,13,16-25H2,1-5H3/b12-11-,15-14-. The molecule has 0 aliphatic heterocycles. The molecule has 7 heteroatoms. The van der Waals surface area contributed by atoms with Gasteiger partial charge in [-0.3, -0.25) is 4.57 Å². The average Bonchev–Trinajstić information content (AvgIpc) is 2.73. The normalized spacial score (nSPS) is 15.5. The summed E-state index contributed by atoms with van der Waals surface area (Å²) in [5.74, 6) is 0. The average molecular weight is 490 g/mol. The maximum absolute atomic E-state index is 11.9. The first-order chi connectivity index (χ1) is 15.7. The molecule has 0 spiro atoms. The van der Waals surface area contributed by atoms with Crippen LogP contribution < -0.4 is 4.89 Å². The van der Waals surface area contributed by atoms with Crippen molar-refractivity contribution in [3.63, 3.8) is 0 Å². The summed E-state index contributed by atoms with van der Waals surface area (Å²) in [5.41, 5.74) is 0. The third-order valence-corrected chi connectivity index (χ3v) is 6.27. The molecule has 2 unspecified atom stereocenters. The second-order valence-electron chi connectivity index (χ2n) is 9.69. The van der Waals surface area contributed by atoms with Crippen LogP contribution in [0.15, 0.2) is 24.3 Å². The highest BCUT2D eigenvalue weighted by Gasteiger charge is 2.17. The highest BCUT2D eigenvalue weighted by Crippen LogP contribution is 2.38. The predicted octanol–water partition coefficient (Wildman–Crippen LogP) is 6.41. The van der Waals surface area contributed by atoms with E-state index in [0.29, 0.717) is 17.6 Å². The van der Waals surface area contributed by atoms with E-state index in [-0.39, 0.29) is 19.3 Å². The lowest BCUT2D eigenvalue weighted by molar-refractivity contribution is -0.870. The quantitative estimate of drug-likeness (QED) is 0.0718. The predicted molar refractivity (Wildman–Crippen MR) is 137 cm³/mol. The van der Waals surface area contributed by atoms with Crippen LogP contribution in [0.1, 0.15) is 90.9 Å². The minimum absolute atomic E-state index is 0.0246. The molecule has 0 aliphatic rings. The Labute approximate surface area is 204 Å². The Morgan fingerprint density at radius 1 is 0.848 bits per heavy atom. The fourth-order valence-corrected chi connectivity index (χ4v) is 4.00. The van der Waals surface area contributed by atoms with Gasteiger partial charge in [0.2, 0.25) is 0 Å². The van der Waals surface area contributed by atoms with E-state index in [1.165, 1.54) is 44.9 Å². The van der Waals surface area contributed by atoms with Crippen molar-refractivity contribution >= 4 is 7.82 Å². The van der Waals surface area contributed by atoms with Crippen molar-refractivity contribution in [3.8, 4) is 0 Å². The zero-order valence-electron chi connectivity index (χ0n) is 22.1. The molecule has 0 aromatic carbocycles. The molecule has 0 aliphatic carbocycles. The van der Waals surface area contributed by atoms with Gasteiger partial charge in [0.25, 0.3) is 7.82 Å². The minimum Gasteiger partial charge on any atom is -0.756 e. The Morgan fingerprint density at radius 2 is 1.45 bits per heavy atom. The van der Waals surface area contributed by atoms with Gasteiger partial charge in [0.05, 0.1) is 33.9 Å². The molecule has 0 aromatic rings. The zero-order valence-corrected chi connectivity index (χ0v) is 23.0. The Balaban J connectivity index is 3.81. The second kappa shape index (κ2) is 20.8. The van der Waals surface area contributed by atoms with Crippen molar-refractivity contribution in [2.45, 2.75) is 97.0 Å². The molecule has 0 fully saturated rings. The summed E-state index contributed by atoms with van der Waals surface area (Å²) in [7, 11) is 1.67. The molecule has 0 N–H and O–H groups in total. The fraction of sp³-hybridized carbons (Fsp3) is 0.846. The Bertz CT molecular complexity index is 545. The number of phosphoric acid groups is 1. The number of nitrogens with zero attached hydrogens (tertiary/aromatic N) is 1. The number of phosphoric ester groups is 1. The van der Waals surface area contributed by atoms with Crippen LogP contribution in [0.5, 0.6) is 0 Å². The third-order valence-electron chi connectivity index (χ3n) is 5.31. The highest BCUT2D eigenvalue weighted by atomic mass is 31.2. The van der Waals surface area contributed by atoms with Gasteiger partial charge < -0.3 is 23.2 Å². The van der Waals surface area contributed by atoms with Gasteiger partial charge in [-0.25, -0.2) is 0 Å². The number of unbranched alkanes of at least 4 members (excludes halogenated alkanes) is 8. The third kappa shape index (κ3) is 24.4. The van der Waals surface area contributed by atoms with Crippen molar-refractivity contribution in [2.75, 3.05) is 47.5 Å². The van der Waals surface area contributed by atoms with Crippen molar-refractivity contribution in [3.05, 3.63) is 24.3 Å². The fourth-order valence-electron chi connectivity index (χ4n) is 3.27. The molecular weight excluding hydrogens is 437 g/mol. The van der Waals surface area contributed by atoms with Crippen LogP contribution in [0.3, 0.4) is 0 Å². The van der Waals surface area contributed by atoms with E-state index in [2.05, 4.69) is 31.2 Å². The van der Waals surface area contributed by atoms with Crippen molar-refractivity contribution in [1.29, 1.82) is 0 Å². The van der Waals surface area contributed by atoms with Crippen LogP contribution >= 0.6 is 7.82 Å². The van der Waals surface area contributed by atoms with Gasteiger partial charge in [-0.1, -0.05) is 69.8 Å². The topological polar surface area (TPSA) is 67.8 Å². The zero-order chi connectivity index (χ0) is 24.8. The molecular formula is C26H52NO5P. The van der Waals surface area contributed by atoms with Crippen LogP contribution in [-0.2, 0) is 18.3 Å². The van der Waals surface area contributed by atoms with E-state index in [9.17, 15) is 9.46 Å². The lowest BCUT2D eigenvalue weighted by Crippen LogP contribution is -2.37. The van der Waals surface area contributed by atoms with Gasteiger partial charge in [-0.05, 0) is 45.4 Å². The number of hydrogen-bond donors (Lipinski definition) is 0. The van der Waals surface area contributed by atoms with Gasteiger partial charge in [-0.2, -0.15) is 0 Å². The lowest BCUT2D eigenvalue weighted by Gasteiger charge is -2.28. The molecule has 0 saturated carbocycles. The number of likely N-dealkylation sites (N-methyl/N-ethyl adjacent to an activating group) is 1. The van der Waals surface area contributed by atoms with Crippen LogP contribution in [0.25, 0.3) is 0 Å². The van der Waals surface area contributed by atoms with E-state index >= 15 is 0 Å². The summed E-state index contributed by atoms with van der Waals surface area (Å²) in [5, 5.41) is 0. The van der Waals surface area contributed by atoms with Crippen molar-refractivity contribution in [1.82, 2.24) is 0 Å². The molecule has 0 rings (SSSR count). The van der Waals surface area contributed by atoms with E-state index in [0.717, 1.165) is 32.1 Å². The molecule has 6 nitrogen and oxygen atoms in total. The smallest absolute Gasteiger partial charge is 0.268 e. The monoisotopic (exact) mass is 489 g/mol. The molecule has 0 amide bonds. The molecule has 33 heavy (non-hydrogen) atoms. The van der Waals surface area contributed by atoms with Crippen molar-refractivity contribution < 1.29 is 27.7 Å². The molecule has 0 bridgehead atoms. The summed E-state index contributed by atoms with van der Waals surface area (Å²) >= 11 is 0. The molecule has 0 radical (unpaired) electrons. The first kappa shape index (κ1) is 32.5. The van der Waals surface area contributed by atoms with E-state index in [1.807, 2.05) is 28.1 Å². The molecule has 0 saturated heterocycles. The number of hydrogen-bond acceptors (Lipinski definition) is 5. The van der Waals surface area contributed by atoms with Crippen LogP contribution in [0.2, 0.25) is 0 Å². The van der Waals surface area contributed by atoms with Crippen molar-refractivity contribution in [2.24, 2.45) is 0 Å². The summed E-state index contributed by atoms with van der Waals surface area (Å²) in [6.07, 6.45) is 22.8. The molecule has 0 heterocycles. The first-order valence-corrected chi connectivity index (χ1v) is 14.5. The maximum atomic E-state index is 11.9. The van der Waals surface area contributed by atoms with E-state index in [1.54, 1.807) is 0 Å². The van der Waals surface area contributed by atoms with E-state index < -0.39 is 7.82 Å². The number of ether oxygens (including phenoxy) is 1. The first-order valence-electron chi connectivity index (χ1n) is 13.0. The van der Waals surface area contributed by atoms with Gasteiger partial charge in [0.15, 0.2) is 0 Å². The largest absolute Gasteiger partial charge is 0.756 e. The Hall–Kier alpha value is -0.490. The minimum atomic E-state index is -4.28. The van der Waals surface area contributed by atoms with Crippen LogP contribution in [0.4, 0.5) is 0 Å². The lowest BCUT2D eigenvalue weighted by atomic mass is 10.1. The summed E-state index contributed by atoms with van der Waals surface area (Å²) in [6.45, 7) is 5.43. The Kier molecular flexibility index (Phi) is 20.5. The molecule has 0 aromatic heterocycles. The number of allylic oxidation sites excluding steroid dienone is 4. The number of rotatable bonds is 23. The second-order valence-corrected chi connectivity index (χ2v) is 11.1. The molecule has 2 atom stereocenters. The van der Waals surface area contributed by atoms with Gasteiger partial charge in [0.1, 0.15) is 13.2 Å². The summed E-state index contributed by atoms with van der Waals surface area (Å²) in [6, 6.07) is 0. The Morgan fingerprint density at radius 3 is 2.06 bits per heavy atom. The van der Waals surface area contributed by atoms with Gasteiger partial charge >= 0.3 is 0 Å². The van der Waals surface area contributed by atoms with E-state index in [4.69, 9.17) is 13.8 Å². The van der Waals surface area contributed by atoms with Gasteiger partial charge in [-0.15, -0.1) is 0 Å². The molecule has 196 valence electrons. The summed E-state index contributed by atoms with van der Waals surface area (Å²) in [4.78, 5) is 11.9. The van der Waals surface area contributed by atoms with Crippen LogP contribution in [-0.4, -0.2) is 58.1 Å². The SMILES string of the molecule is CCCCC/C=C\C/C=C\CCCCCCCC(COP(=O)([O-])OCC[N+](C)(C)C)OCC. The van der Waals surface area contributed by atoms with Gasteiger partial charge in [0, 0.05) is 6.61 Å². The number of quaternary nitrogens is 1. The summed E-state index contributed by atoms with van der Waals surface area (Å²) < 4.78 is 28.3. The maximum Gasteiger partial charge on any atom is 0.268 e. The highest BCUT2D eigenvalue weighted by molar-refractivity contribution is 7.45.